The minimum atomic E-state index is -0.373. The summed E-state index contributed by atoms with van der Waals surface area (Å²) < 4.78 is 5.52. The molecule has 0 atom stereocenters. The standard InChI is InChI=1S/C35H68O2/c1-6-7-8-9-10-11-12-13-14-15-16-17-18-19-20-21-22-23-24-25-26-27-28-29-30-31-32-35(4,5)37-34(36)33(2)3/h2,6-32H2,1,3-5H3. The highest BCUT2D eigenvalue weighted by atomic mass is 16.6. The summed E-state index contributed by atoms with van der Waals surface area (Å²) in [4.78, 5) is 11.7. The third-order valence-corrected chi connectivity index (χ3v) is 7.85. The maximum atomic E-state index is 11.7. The highest BCUT2D eigenvalue weighted by molar-refractivity contribution is 5.87. The number of hydrogen-bond acceptors (Lipinski definition) is 2. The molecule has 0 unspecified atom stereocenters. The molecule has 0 heterocycles. The van der Waals surface area contributed by atoms with Gasteiger partial charge >= 0.3 is 5.97 Å². The Kier molecular flexibility index (Phi) is 26.2. The Morgan fingerprint density at radius 1 is 0.514 bits per heavy atom. The van der Waals surface area contributed by atoms with Crippen molar-refractivity contribution in [2.45, 2.75) is 207 Å². The van der Waals surface area contributed by atoms with Crippen LogP contribution in [0.4, 0.5) is 0 Å². The van der Waals surface area contributed by atoms with Crippen LogP contribution in [-0.2, 0) is 9.53 Å². The molecule has 0 spiro atoms. The van der Waals surface area contributed by atoms with Crippen LogP contribution in [0.5, 0.6) is 0 Å². The number of esters is 1. The van der Waals surface area contributed by atoms with Crippen molar-refractivity contribution in [2.75, 3.05) is 0 Å². The second-order valence-corrected chi connectivity index (χ2v) is 12.5. The summed E-state index contributed by atoms with van der Waals surface area (Å²) in [7, 11) is 0. The van der Waals surface area contributed by atoms with Crippen molar-refractivity contribution in [3.8, 4) is 0 Å². The molecule has 0 aliphatic carbocycles. The topological polar surface area (TPSA) is 26.3 Å². The average Bonchev–Trinajstić information content (AvgIpc) is 2.85. The molecule has 0 saturated heterocycles. The van der Waals surface area contributed by atoms with Gasteiger partial charge in [0.2, 0.25) is 0 Å². The molecular formula is C35H68O2. The maximum Gasteiger partial charge on any atom is 0.333 e. The van der Waals surface area contributed by atoms with Gasteiger partial charge in [-0.1, -0.05) is 174 Å². The molecule has 2 heteroatoms. The van der Waals surface area contributed by atoms with Crippen molar-refractivity contribution in [2.24, 2.45) is 0 Å². The molecule has 0 bridgehead atoms. The van der Waals surface area contributed by atoms with Crippen LogP contribution in [0.15, 0.2) is 12.2 Å². The zero-order chi connectivity index (χ0) is 27.5. The van der Waals surface area contributed by atoms with Crippen LogP contribution >= 0.6 is 0 Å². The number of carbonyl (C=O) groups is 1. The minimum Gasteiger partial charge on any atom is -0.456 e. The van der Waals surface area contributed by atoms with Gasteiger partial charge in [0.25, 0.3) is 0 Å². The predicted octanol–water partition coefficient (Wildman–Crippen LogP) is 12.4. The Morgan fingerprint density at radius 3 is 1.00 bits per heavy atom. The Bertz CT molecular complexity index is 507. The first-order chi connectivity index (χ1) is 17.9. The first-order valence-electron chi connectivity index (χ1n) is 16.8. The fourth-order valence-electron chi connectivity index (χ4n) is 5.26. The second-order valence-electron chi connectivity index (χ2n) is 12.5. The molecule has 0 amide bonds. The van der Waals surface area contributed by atoms with E-state index in [0.29, 0.717) is 5.57 Å². The number of ether oxygens (including phenoxy) is 1. The third-order valence-electron chi connectivity index (χ3n) is 7.85. The normalized spacial score (nSPS) is 11.7. The van der Waals surface area contributed by atoms with Gasteiger partial charge in [-0.25, -0.2) is 4.79 Å². The second kappa shape index (κ2) is 26.8. The summed E-state index contributed by atoms with van der Waals surface area (Å²) in [6.45, 7) is 11.7. The van der Waals surface area contributed by atoms with Crippen molar-refractivity contribution in [3.05, 3.63) is 12.2 Å². The molecule has 0 radical (unpaired) electrons. The summed E-state index contributed by atoms with van der Waals surface area (Å²) in [5.41, 5.74) is 0.112. The van der Waals surface area contributed by atoms with E-state index < -0.39 is 0 Å². The third kappa shape index (κ3) is 28.0. The van der Waals surface area contributed by atoms with Gasteiger partial charge in [0.1, 0.15) is 5.60 Å². The lowest BCUT2D eigenvalue weighted by molar-refractivity contribution is -0.152. The largest absolute Gasteiger partial charge is 0.456 e. The van der Waals surface area contributed by atoms with Crippen molar-refractivity contribution in [1.29, 1.82) is 0 Å². The molecule has 0 saturated carbocycles. The van der Waals surface area contributed by atoms with Crippen LogP contribution in [0.2, 0.25) is 0 Å². The van der Waals surface area contributed by atoms with Crippen molar-refractivity contribution >= 4 is 5.97 Å². The van der Waals surface area contributed by atoms with Gasteiger partial charge in [-0.15, -0.1) is 0 Å². The lowest BCUT2D eigenvalue weighted by atomic mass is 9.98. The lowest BCUT2D eigenvalue weighted by Gasteiger charge is -2.25. The summed E-state index contributed by atoms with van der Waals surface area (Å²) >= 11 is 0. The van der Waals surface area contributed by atoms with E-state index in [1.807, 2.05) is 13.8 Å². The number of rotatable bonds is 29. The van der Waals surface area contributed by atoms with Crippen LogP contribution in [0.3, 0.4) is 0 Å². The zero-order valence-electron chi connectivity index (χ0n) is 26.1. The van der Waals surface area contributed by atoms with Gasteiger partial charge in [0.15, 0.2) is 0 Å². The van der Waals surface area contributed by atoms with Crippen LogP contribution in [0.25, 0.3) is 0 Å². The molecule has 2 nitrogen and oxygen atoms in total. The lowest BCUT2D eigenvalue weighted by Crippen LogP contribution is -2.28. The Labute approximate surface area is 234 Å². The fraction of sp³-hybridized carbons (Fsp3) is 0.914. The zero-order valence-corrected chi connectivity index (χ0v) is 26.1. The van der Waals surface area contributed by atoms with E-state index in [1.165, 1.54) is 161 Å². The summed E-state index contributed by atoms with van der Waals surface area (Å²) in [6, 6.07) is 0. The smallest absolute Gasteiger partial charge is 0.333 e. The fourth-order valence-corrected chi connectivity index (χ4v) is 5.26. The highest BCUT2D eigenvalue weighted by Crippen LogP contribution is 2.21. The van der Waals surface area contributed by atoms with Crippen molar-refractivity contribution < 1.29 is 9.53 Å². The molecule has 0 aromatic rings. The van der Waals surface area contributed by atoms with E-state index in [4.69, 9.17) is 4.74 Å². The quantitative estimate of drug-likeness (QED) is 0.0556. The molecule has 37 heavy (non-hydrogen) atoms. The molecule has 0 aromatic heterocycles. The van der Waals surface area contributed by atoms with E-state index in [-0.39, 0.29) is 11.6 Å². The van der Waals surface area contributed by atoms with Gasteiger partial charge < -0.3 is 4.74 Å². The van der Waals surface area contributed by atoms with Crippen molar-refractivity contribution in [1.82, 2.24) is 0 Å². The molecule has 220 valence electrons. The molecule has 0 fully saturated rings. The Balaban J connectivity index is 3.19. The van der Waals surface area contributed by atoms with E-state index in [9.17, 15) is 4.79 Å². The molecular weight excluding hydrogens is 452 g/mol. The minimum absolute atomic E-state index is 0.264. The van der Waals surface area contributed by atoms with E-state index >= 15 is 0 Å². The predicted molar refractivity (Wildman–Crippen MR) is 165 cm³/mol. The van der Waals surface area contributed by atoms with Crippen LogP contribution < -0.4 is 0 Å². The Morgan fingerprint density at radius 2 is 0.757 bits per heavy atom. The summed E-state index contributed by atoms with van der Waals surface area (Å²) in [5.74, 6) is -0.264. The first-order valence-corrected chi connectivity index (χ1v) is 16.8. The van der Waals surface area contributed by atoms with Gasteiger partial charge in [-0.05, 0) is 33.6 Å². The average molecular weight is 521 g/mol. The number of hydrogen-bond donors (Lipinski definition) is 0. The summed E-state index contributed by atoms with van der Waals surface area (Å²) in [6.07, 6.45) is 37.8. The molecule has 0 aliphatic heterocycles. The van der Waals surface area contributed by atoms with E-state index in [2.05, 4.69) is 13.5 Å². The molecule has 0 aromatic carbocycles. The van der Waals surface area contributed by atoms with Gasteiger partial charge in [0.05, 0.1) is 0 Å². The monoisotopic (exact) mass is 521 g/mol. The molecule has 0 aliphatic rings. The SMILES string of the molecule is C=C(C)C(=O)OC(C)(C)CCCCCCCCCCCCCCCCCCCCCCCCCCCC. The van der Waals surface area contributed by atoms with Crippen LogP contribution in [0, 0.1) is 0 Å². The summed E-state index contributed by atoms with van der Waals surface area (Å²) in [5, 5.41) is 0. The van der Waals surface area contributed by atoms with Crippen molar-refractivity contribution in [3.63, 3.8) is 0 Å². The number of carbonyl (C=O) groups excluding carboxylic acids is 1. The van der Waals surface area contributed by atoms with E-state index in [0.717, 1.165) is 12.8 Å². The van der Waals surface area contributed by atoms with E-state index in [1.54, 1.807) is 6.92 Å². The van der Waals surface area contributed by atoms with Gasteiger partial charge in [-0.2, -0.15) is 0 Å². The molecule has 0 N–H and O–H groups in total. The number of unbranched alkanes of at least 4 members (excludes halogenated alkanes) is 25. The van der Waals surface area contributed by atoms with Crippen LogP contribution in [0.1, 0.15) is 201 Å². The highest BCUT2D eigenvalue weighted by Gasteiger charge is 2.22. The van der Waals surface area contributed by atoms with Gasteiger partial charge in [-0.3, -0.25) is 0 Å². The maximum absolute atomic E-state index is 11.7. The van der Waals surface area contributed by atoms with Crippen LogP contribution in [-0.4, -0.2) is 11.6 Å². The molecule has 0 rings (SSSR count). The van der Waals surface area contributed by atoms with Gasteiger partial charge in [0, 0.05) is 5.57 Å². The first kappa shape index (κ1) is 36.2. The Hall–Kier alpha value is -0.790.